The van der Waals surface area contributed by atoms with E-state index >= 15 is 0 Å². The van der Waals surface area contributed by atoms with E-state index in [1.807, 2.05) is 0 Å². The Labute approximate surface area is 153 Å². The summed E-state index contributed by atoms with van der Waals surface area (Å²) >= 11 is 0. The lowest BCUT2D eigenvalue weighted by Crippen LogP contribution is -2.32. The van der Waals surface area contributed by atoms with Crippen LogP contribution in [0.5, 0.6) is 0 Å². The van der Waals surface area contributed by atoms with E-state index in [1.165, 1.54) is 4.68 Å². The van der Waals surface area contributed by atoms with Gasteiger partial charge in [0.25, 0.3) is 5.95 Å². The van der Waals surface area contributed by atoms with Gasteiger partial charge in [-0.1, -0.05) is 0 Å². The molecule has 0 unspecified atom stereocenters. The number of carbonyl (C=O) groups is 1. The van der Waals surface area contributed by atoms with Crippen LogP contribution in [0.25, 0.3) is 5.95 Å². The summed E-state index contributed by atoms with van der Waals surface area (Å²) in [5.74, 6) is -2.04. The first-order valence-electron chi connectivity index (χ1n) is 8.49. The molecule has 2 heterocycles. The Morgan fingerprint density at radius 2 is 2.04 bits per heavy atom. The van der Waals surface area contributed by atoms with Crippen LogP contribution in [0.3, 0.4) is 0 Å². The van der Waals surface area contributed by atoms with Crippen molar-refractivity contribution in [1.29, 1.82) is 0 Å². The van der Waals surface area contributed by atoms with E-state index < -0.39 is 12.0 Å². The van der Waals surface area contributed by atoms with Crippen molar-refractivity contribution >= 4 is 11.9 Å². The third kappa shape index (κ3) is 5.09. The van der Waals surface area contributed by atoms with Crippen LogP contribution in [0, 0.1) is 0 Å². The number of aliphatic hydroxyl groups is 1. The molecule has 2 aromatic rings. The Kier molecular flexibility index (Phi) is 5.49. The molecule has 11 heteroatoms. The lowest BCUT2D eigenvalue weighted by Gasteiger charge is -2.29. The number of alkyl halides is 2. The van der Waals surface area contributed by atoms with Gasteiger partial charge in [0, 0.05) is 31.1 Å². The largest absolute Gasteiger partial charge is 0.465 e. The quantitative estimate of drug-likeness (QED) is 0.601. The Morgan fingerprint density at radius 1 is 1.30 bits per heavy atom. The minimum Gasteiger partial charge on any atom is -0.465 e. The van der Waals surface area contributed by atoms with Crippen LogP contribution in [-0.2, 0) is 13.2 Å². The molecule has 4 N–H and O–H groups in total. The van der Waals surface area contributed by atoms with Gasteiger partial charge >= 0.3 is 6.09 Å². The average molecular weight is 382 g/mol. The predicted octanol–water partition coefficient (Wildman–Crippen LogP) is 1.91. The van der Waals surface area contributed by atoms with Crippen LogP contribution in [0.1, 0.15) is 37.1 Å². The molecule has 146 valence electrons. The highest BCUT2D eigenvalue weighted by Gasteiger charge is 2.35. The molecule has 1 amide bonds. The first kappa shape index (κ1) is 19.0. The zero-order valence-electron chi connectivity index (χ0n) is 14.4. The van der Waals surface area contributed by atoms with Crippen molar-refractivity contribution in [2.24, 2.45) is 0 Å². The summed E-state index contributed by atoms with van der Waals surface area (Å²) < 4.78 is 28.0. The van der Waals surface area contributed by atoms with Crippen molar-refractivity contribution in [3.05, 3.63) is 29.7 Å². The maximum absolute atomic E-state index is 13.3. The molecule has 0 radical (unpaired) electrons. The third-order valence-corrected chi connectivity index (χ3v) is 4.27. The number of rotatable bonds is 6. The highest BCUT2D eigenvalue weighted by molar-refractivity contribution is 5.64. The summed E-state index contributed by atoms with van der Waals surface area (Å²) in [4.78, 5) is 19.4. The fourth-order valence-corrected chi connectivity index (χ4v) is 2.87. The van der Waals surface area contributed by atoms with Crippen LogP contribution in [0.15, 0.2) is 18.3 Å². The minimum absolute atomic E-state index is 0.0452. The van der Waals surface area contributed by atoms with Crippen LogP contribution in [0.4, 0.5) is 19.4 Å². The lowest BCUT2D eigenvalue weighted by atomic mass is 9.92. The van der Waals surface area contributed by atoms with Crippen LogP contribution in [-0.4, -0.2) is 48.0 Å². The fourth-order valence-electron chi connectivity index (χ4n) is 2.87. The number of nitrogens with zero attached hydrogens (tertiary/aromatic N) is 4. The Hall–Kier alpha value is -2.82. The zero-order valence-corrected chi connectivity index (χ0v) is 14.4. The standard InChI is InChI=1S/C16H20F2N6O3/c17-16(18)4-1-10(2-5-16)20-13-7-12(8-19-15(26)27)21-14(22-13)24-6-3-11(9-25)23-24/h3,6-7,10,19,25H,1-2,4-5,8-9H2,(H,26,27)(H,20,21,22). The summed E-state index contributed by atoms with van der Waals surface area (Å²) in [6.45, 7) is -0.287. The molecule has 2 aromatic heterocycles. The summed E-state index contributed by atoms with van der Waals surface area (Å²) in [7, 11) is 0. The molecule has 0 bridgehead atoms. The van der Waals surface area contributed by atoms with E-state index in [4.69, 9.17) is 10.2 Å². The van der Waals surface area contributed by atoms with Crippen molar-refractivity contribution in [1.82, 2.24) is 25.1 Å². The van der Waals surface area contributed by atoms with Crippen molar-refractivity contribution in [3.8, 4) is 5.95 Å². The molecule has 27 heavy (non-hydrogen) atoms. The molecule has 0 spiro atoms. The molecule has 9 nitrogen and oxygen atoms in total. The highest BCUT2D eigenvalue weighted by atomic mass is 19.3. The van der Waals surface area contributed by atoms with Gasteiger partial charge in [0.05, 0.1) is 24.5 Å². The molecule has 3 rings (SSSR count). The first-order valence-corrected chi connectivity index (χ1v) is 8.49. The van der Waals surface area contributed by atoms with Gasteiger partial charge in [0.1, 0.15) is 5.82 Å². The number of nitrogens with one attached hydrogen (secondary N) is 2. The number of carboxylic acid groups (broad SMARTS) is 1. The lowest BCUT2D eigenvalue weighted by molar-refractivity contribution is -0.0361. The van der Waals surface area contributed by atoms with Gasteiger partial charge in [-0.3, -0.25) is 0 Å². The Balaban J connectivity index is 1.82. The molecule has 1 saturated carbocycles. The second-order valence-electron chi connectivity index (χ2n) is 6.39. The summed E-state index contributed by atoms with van der Waals surface area (Å²) in [6.07, 6.45) is 0.627. The summed E-state index contributed by atoms with van der Waals surface area (Å²) in [5.41, 5.74) is 0.823. The molecular weight excluding hydrogens is 362 g/mol. The van der Waals surface area contributed by atoms with E-state index in [0.29, 0.717) is 30.0 Å². The van der Waals surface area contributed by atoms with Crippen molar-refractivity contribution in [2.75, 3.05) is 5.32 Å². The number of halogens is 2. The molecular formula is C16H20F2N6O3. The van der Waals surface area contributed by atoms with Gasteiger partial charge in [0.15, 0.2) is 0 Å². The van der Waals surface area contributed by atoms with Gasteiger partial charge in [-0.05, 0) is 18.9 Å². The smallest absolute Gasteiger partial charge is 0.404 e. The van der Waals surface area contributed by atoms with Gasteiger partial charge in [0.2, 0.25) is 5.92 Å². The Bertz CT molecular complexity index is 803. The number of anilines is 1. The van der Waals surface area contributed by atoms with Crippen molar-refractivity contribution in [2.45, 2.75) is 50.8 Å². The van der Waals surface area contributed by atoms with Gasteiger partial charge in [-0.25, -0.2) is 23.2 Å². The van der Waals surface area contributed by atoms with Gasteiger partial charge < -0.3 is 20.8 Å². The average Bonchev–Trinajstić information content (AvgIpc) is 3.11. The van der Waals surface area contributed by atoms with E-state index in [9.17, 15) is 13.6 Å². The first-order chi connectivity index (χ1) is 12.8. The molecule has 1 aliphatic carbocycles. The second-order valence-corrected chi connectivity index (χ2v) is 6.39. The maximum Gasteiger partial charge on any atom is 0.404 e. The predicted molar refractivity (Wildman–Crippen MR) is 90.8 cm³/mol. The van der Waals surface area contributed by atoms with Crippen molar-refractivity contribution < 1.29 is 23.8 Å². The van der Waals surface area contributed by atoms with Gasteiger partial charge in [-0.15, -0.1) is 0 Å². The number of aromatic nitrogens is 4. The number of hydrogen-bond acceptors (Lipinski definition) is 6. The summed E-state index contributed by atoms with van der Waals surface area (Å²) in [6, 6.07) is 3.02. The molecule has 0 aliphatic heterocycles. The minimum atomic E-state index is -2.62. The van der Waals surface area contributed by atoms with Crippen LogP contribution in [0.2, 0.25) is 0 Å². The normalized spacial score (nSPS) is 16.9. The highest BCUT2D eigenvalue weighted by Crippen LogP contribution is 2.34. The number of amides is 1. The van der Waals surface area contributed by atoms with E-state index in [0.717, 1.165) is 0 Å². The molecule has 0 aromatic carbocycles. The molecule has 0 saturated heterocycles. The summed E-state index contributed by atoms with van der Waals surface area (Å²) in [5, 5.41) is 27.4. The van der Waals surface area contributed by atoms with Crippen LogP contribution >= 0.6 is 0 Å². The number of hydrogen-bond donors (Lipinski definition) is 4. The molecule has 0 atom stereocenters. The number of aliphatic hydroxyl groups excluding tert-OH is 1. The SMILES string of the molecule is O=C(O)NCc1cc(NC2CCC(F)(F)CC2)nc(-n2ccc(CO)n2)n1. The van der Waals surface area contributed by atoms with Gasteiger partial charge in [-0.2, -0.15) is 10.1 Å². The van der Waals surface area contributed by atoms with E-state index in [-0.39, 0.29) is 38.0 Å². The molecule has 1 fully saturated rings. The zero-order chi connectivity index (χ0) is 19.4. The monoisotopic (exact) mass is 382 g/mol. The van der Waals surface area contributed by atoms with E-state index in [2.05, 4.69) is 25.7 Å². The second kappa shape index (κ2) is 7.82. The van der Waals surface area contributed by atoms with Crippen molar-refractivity contribution in [3.63, 3.8) is 0 Å². The van der Waals surface area contributed by atoms with Crippen LogP contribution < -0.4 is 10.6 Å². The topological polar surface area (TPSA) is 125 Å². The maximum atomic E-state index is 13.3. The Morgan fingerprint density at radius 3 is 2.67 bits per heavy atom. The fraction of sp³-hybridized carbons (Fsp3) is 0.500. The third-order valence-electron chi connectivity index (χ3n) is 4.27. The van der Waals surface area contributed by atoms with E-state index in [1.54, 1.807) is 18.3 Å². The molecule has 1 aliphatic rings.